The number of hydrogen-bond acceptors (Lipinski definition) is 4. The second-order valence-electron chi connectivity index (χ2n) is 3.50. The van der Waals surface area contributed by atoms with Gasteiger partial charge in [-0.25, -0.2) is 8.78 Å². The largest absolute Gasteiger partial charge is 0.458 e. The van der Waals surface area contributed by atoms with E-state index in [0.717, 1.165) is 13.8 Å². The normalized spacial score (nSPS) is 17.2. The molecule has 8 heteroatoms. The van der Waals surface area contributed by atoms with Crippen LogP contribution in [0.4, 0.5) is 17.6 Å². The van der Waals surface area contributed by atoms with Crippen molar-refractivity contribution >= 4 is 12.4 Å². The molecule has 0 amide bonds. The number of carbonyl (C=O) groups excluding carboxylic acids is 2. The van der Waals surface area contributed by atoms with E-state index in [2.05, 4.69) is 9.47 Å². The molecule has 0 heterocycles. The van der Waals surface area contributed by atoms with Crippen LogP contribution in [0.2, 0.25) is 0 Å². The van der Waals surface area contributed by atoms with E-state index in [0.29, 0.717) is 6.92 Å². The molecule has 0 radical (unpaired) electrons. The number of ether oxygens (including phenoxy) is 2. The minimum atomic E-state index is -4.23. The Morgan fingerprint density at radius 1 is 1.35 bits per heavy atom. The molecule has 0 aromatic rings. The zero-order chi connectivity index (χ0) is 13.9. The molecule has 0 fully saturated rings. The summed E-state index contributed by atoms with van der Waals surface area (Å²) in [6, 6.07) is 0. The Kier molecular flexibility index (Phi) is 4.91. The van der Waals surface area contributed by atoms with Crippen molar-refractivity contribution < 1.29 is 36.6 Å². The first-order chi connectivity index (χ1) is 7.59. The molecular formula is C9H12F4O4. The standard InChI is InChI=1S/C9H12F4O4/c1-5(16-4-14)9(12,13)8(3,7(10)11)17-6(2)15/h4-5,7H,1-3H3. The topological polar surface area (TPSA) is 52.6 Å². The lowest BCUT2D eigenvalue weighted by atomic mass is 9.94. The van der Waals surface area contributed by atoms with E-state index in [9.17, 15) is 27.2 Å². The molecule has 4 nitrogen and oxygen atoms in total. The summed E-state index contributed by atoms with van der Waals surface area (Å²) < 4.78 is 60.4. The van der Waals surface area contributed by atoms with Gasteiger partial charge in [0.1, 0.15) is 0 Å². The third-order valence-electron chi connectivity index (χ3n) is 2.20. The quantitative estimate of drug-likeness (QED) is 0.415. The second-order valence-corrected chi connectivity index (χ2v) is 3.50. The third kappa shape index (κ3) is 3.07. The van der Waals surface area contributed by atoms with Gasteiger partial charge in [0, 0.05) is 6.92 Å². The lowest BCUT2D eigenvalue weighted by Gasteiger charge is -2.37. The molecule has 0 N–H and O–H groups in total. The van der Waals surface area contributed by atoms with E-state index in [-0.39, 0.29) is 6.47 Å². The molecule has 0 aliphatic heterocycles. The molecule has 0 aliphatic carbocycles. The van der Waals surface area contributed by atoms with Crippen LogP contribution in [-0.2, 0) is 19.1 Å². The van der Waals surface area contributed by atoms with Gasteiger partial charge in [-0.1, -0.05) is 0 Å². The van der Waals surface area contributed by atoms with Crippen LogP contribution in [0.1, 0.15) is 20.8 Å². The highest BCUT2D eigenvalue weighted by Crippen LogP contribution is 2.40. The van der Waals surface area contributed by atoms with Crippen molar-refractivity contribution in [3.63, 3.8) is 0 Å². The van der Waals surface area contributed by atoms with Gasteiger partial charge in [0.2, 0.25) is 5.60 Å². The summed E-state index contributed by atoms with van der Waals surface area (Å²) in [4.78, 5) is 20.5. The Balaban J connectivity index is 5.28. The number of rotatable bonds is 6. The van der Waals surface area contributed by atoms with Gasteiger partial charge in [0.25, 0.3) is 12.9 Å². The van der Waals surface area contributed by atoms with Crippen molar-refractivity contribution in [1.29, 1.82) is 0 Å². The summed E-state index contributed by atoms with van der Waals surface area (Å²) in [5, 5.41) is 0. The molecule has 2 unspecified atom stereocenters. The van der Waals surface area contributed by atoms with Crippen LogP contribution < -0.4 is 0 Å². The predicted octanol–water partition coefficient (Wildman–Crippen LogP) is 1.77. The Morgan fingerprint density at radius 3 is 2.12 bits per heavy atom. The summed E-state index contributed by atoms with van der Waals surface area (Å²) in [7, 11) is 0. The van der Waals surface area contributed by atoms with Gasteiger partial charge in [-0.15, -0.1) is 0 Å². The fourth-order valence-electron chi connectivity index (χ4n) is 1.13. The van der Waals surface area contributed by atoms with E-state index >= 15 is 0 Å². The van der Waals surface area contributed by atoms with Crippen molar-refractivity contribution in [2.45, 2.75) is 44.8 Å². The van der Waals surface area contributed by atoms with Crippen LogP contribution in [0.15, 0.2) is 0 Å². The van der Waals surface area contributed by atoms with E-state index in [1.54, 1.807) is 0 Å². The number of hydrogen-bond donors (Lipinski definition) is 0. The summed E-state index contributed by atoms with van der Waals surface area (Å²) in [6.07, 6.45) is -5.79. The first-order valence-electron chi connectivity index (χ1n) is 4.54. The Morgan fingerprint density at radius 2 is 1.82 bits per heavy atom. The lowest BCUT2D eigenvalue weighted by Crippen LogP contribution is -2.59. The molecule has 17 heavy (non-hydrogen) atoms. The maximum Gasteiger partial charge on any atom is 0.328 e. The van der Waals surface area contributed by atoms with Gasteiger partial charge in [-0.05, 0) is 13.8 Å². The Labute approximate surface area is 94.9 Å². The molecule has 0 aromatic carbocycles. The minimum absolute atomic E-state index is 0.293. The monoisotopic (exact) mass is 260 g/mol. The van der Waals surface area contributed by atoms with Crippen molar-refractivity contribution in [1.82, 2.24) is 0 Å². The third-order valence-corrected chi connectivity index (χ3v) is 2.20. The van der Waals surface area contributed by atoms with E-state index < -0.39 is 30.0 Å². The predicted molar refractivity (Wildman–Crippen MR) is 47.7 cm³/mol. The van der Waals surface area contributed by atoms with Crippen LogP contribution in [0.25, 0.3) is 0 Å². The zero-order valence-electron chi connectivity index (χ0n) is 9.38. The number of alkyl halides is 4. The first-order valence-corrected chi connectivity index (χ1v) is 4.54. The number of carbonyl (C=O) groups is 2. The Hall–Kier alpha value is -1.34. The van der Waals surface area contributed by atoms with Gasteiger partial charge in [0.15, 0.2) is 6.10 Å². The maximum atomic E-state index is 13.6. The fraction of sp³-hybridized carbons (Fsp3) is 0.778. The number of halogens is 4. The van der Waals surface area contributed by atoms with E-state index in [1.165, 1.54) is 0 Å². The van der Waals surface area contributed by atoms with Crippen LogP contribution in [0, 0.1) is 0 Å². The molecule has 100 valence electrons. The zero-order valence-corrected chi connectivity index (χ0v) is 9.38. The molecule has 0 bridgehead atoms. The van der Waals surface area contributed by atoms with Gasteiger partial charge < -0.3 is 9.47 Å². The van der Waals surface area contributed by atoms with E-state index in [4.69, 9.17) is 0 Å². The highest BCUT2D eigenvalue weighted by atomic mass is 19.3. The van der Waals surface area contributed by atoms with Crippen molar-refractivity contribution in [2.75, 3.05) is 0 Å². The van der Waals surface area contributed by atoms with E-state index in [1.807, 2.05) is 0 Å². The van der Waals surface area contributed by atoms with Crippen molar-refractivity contribution in [3.05, 3.63) is 0 Å². The van der Waals surface area contributed by atoms with Crippen molar-refractivity contribution in [3.8, 4) is 0 Å². The molecule has 0 saturated carbocycles. The van der Waals surface area contributed by atoms with Crippen LogP contribution in [-0.4, -0.2) is 36.5 Å². The van der Waals surface area contributed by atoms with Crippen molar-refractivity contribution in [2.24, 2.45) is 0 Å². The fourth-order valence-corrected chi connectivity index (χ4v) is 1.13. The SMILES string of the molecule is CC(=O)OC(C)(C(F)F)C(F)(F)C(C)OC=O. The summed E-state index contributed by atoms with van der Waals surface area (Å²) in [5.41, 5.74) is -3.36. The van der Waals surface area contributed by atoms with Gasteiger partial charge in [-0.3, -0.25) is 9.59 Å². The Bertz CT molecular complexity index is 295. The maximum absolute atomic E-state index is 13.6. The molecular weight excluding hydrogens is 248 g/mol. The van der Waals surface area contributed by atoms with Gasteiger partial charge >= 0.3 is 11.9 Å². The van der Waals surface area contributed by atoms with Gasteiger partial charge in [-0.2, -0.15) is 8.78 Å². The van der Waals surface area contributed by atoms with Crippen LogP contribution in [0.5, 0.6) is 0 Å². The molecule has 2 atom stereocenters. The second kappa shape index (κ2) is 5.33. The number of esters is 1. The van der Waals surface area contributed by atoms with Crippen LogP contribution >= 0.6 is 0 Å². The smallest absolute Gasteiger partial charge is 0.328 e. The highest BCUT2D eigenvalue weighted by Gasteiger charge is 2.63. The van der Waals surface area contributed by atoms with Gasteiger partial charge in [0.05, 0.1) is 0 Å². The average molecular weight is 260 g/mol. The van der Waals surface area contributed by atoms with Crippen LogP contribution in [0.3, 0.4) is 0 Å². The summed E-state index contributed by atoms with van der Waals surface area (Å²) in [5.74, 6) is -5.51. The molecule has 0 aromatic heterocycles. The average Bonchev–Trinajstić information content (AvgIpc) is 2.16. The molecule has 0 aliphatic rings. The first kappa shape index (κ1) is 15.7. The lowest BCUT2D eigenvalue weighted by molar-refractivity contribution is -0.271. The highest BCUT2D eigenvalue weighted by molar-refractivity contribution is 5.66. The summed E-state index contributed by atoms with van der Waals surface area (Å²) in [6.45, 7) is 1.53. The molecule has 0 spiro atoms. The minimum Gasteiger partial charge on any atom is -0.458 e. The molecule has 0 saturated heterocycles. The summed E-state index contributed by atoms with van der Waals surface area (Å²) >= 11 is 0. The molecule has 0 rings (SSSR count).